The summed E-state index contributed by atoms with van der Waals surface area (Å²) >= 11 is 0. The molecule has 13 heteroatoms. The van der Waals surface area contributed by atoms with Crippen molar-refractivity contribution in [1.82, 2.24) is 20.4 Å². The Kier molecular flexibility index (Phi) is 11.4. The first-order chi connectivity index (χ1) is 21.2. The fraction of sp³-hybridized carbons (Fsp3) is 0.469. The van der Waals surface area contributed by atoms with Crippen LogP contribution in [0.15, 0.2) is 53.7 Å². The van der Waals surface area contributed by atoms with E-state index in [1.165, 1.54) is 18.7 Å². The number of halogens is 3. The van der Waals surface area contributed by atoms with Crippen LogP contribution in [-0.4, -0.2) is 80.9 Å². The van der Waals surface area contributed by atoms with Crippen LogP contribution < -0.4 is 15.4 Å². The Labute approximate surface area is 267 Å². The van der Waals surface area contributed by atoms with Gasteiger partial charge in [-0.2, -0.15) is 0 Å². The third-order valence-electron chi connectivity index (χ3n) is 8.84. The molecule has 2 aromatic rings. The maximum Gasteiger partial charge on any atom is 0.338 e. The summed E-state index contributed by atoms with van der Waals surface area (Å²) in [4.78, 5) is 43.2. The summed E-state index contributed by atoms with van der Waals surface area (Å²) in [7, 11) is 4.22. The quantitative estimate of drug-likeness (QED) is 0.386. The number of esters is 1. The minimum Gasteiger partial charge on any atom is -0.496 e. The lowest BCUT2D eigenvalue weighted by molar-refractivity contribution is -0.137. The highest BCUT2D eigenvalue weighted by Gasteiger charge is 2.44. The Hall–Kier alpha value is -3.74. The van der Waals surface area contributed by atoms with Crippen molar-refractivity contribution >= 4 is 30.4 Å². The van der Waals surface area contributed by atoms with Crippen molar-refractivity contribution in [3.8, 4) is 5.75 Å². The van der Waals surface area contributed by atoms with Crippen molar-refractivity contribution in [2.75, 3.05) is 41.0 Å². The minimum absolute atomic E-state index is 0. The molecular weight excluding hydrogens is 610 g/mol. The van der Waals surface area contributed by atoms with Crippen molar-refractivity contribution in [3.05, 3.63) is 76.5 Å². The Morgan fingerprint density at radius 3 is 2.40 bits per heavy atom. The van der Waals surface area contributed by atoms with Crippen molar-refractivity contribution in [2.24, 2.45) is 0 Å². The average Bonchev–Trinajstić information content (AvgIpc) is 3.50. The van der Waals surface area contributed by atoms with Gasteiger partial charge >= 0.3 is 18.0 Å². The summed E-state index contributed by atoms with van der Waals surface area (Å²) in [6.45, 7) is 1.22. The number of rotatable bonds is 8. The number of para-hydroxylation sites is 1. The van der Waals surface area contributed by atoms with Gasteiger partial charge in [-0.3, -0.25) is 4.90 Å². The largest absolute Gasteiger partial charge is 0.496 e. The van der Waals surface area contributed by atoms with E-state index in [9.17, 15) is 23.2 Å². The molecule has 1 saturated heterocycles. The highest BCUT2D eigenvalue weighted by Crippen LogP contribution is 2.40. The smallest absolute Gasteiger partial charge is 0.338 e. The predicted molar refractivity (Wildman–Crippen MR) is 164 cm³/mol. The molecule has 2 aromatic carbocycles. The third-order valence-corrected chi connectivity index (χ3v) is 8.84. The van der Waals surface area contributed by atoms with Gasteiger partial charge in [-0.05, 0) is 67.3 Å². The van der Waals surface area contributed by atoms with E-state index in [-0.39, 0.29) is 41.9 Å². The molecule has 0 bridgehead atoms. The second-order valence-corrected chi connectivity index (χ2v) is 11.4. The van der Waals surface area contributed by atoms with E-state index in [0.717, 1.165) is 62.1 Å². The van der Waals surface area contributed by atoms with Gasteiger partial charge in [-0.15, -0.1) is 12.4 Å². The Bertz CT molecular complexity index is 1430. The maximum atomic E-state index is 14.4. The number of carbonyl (C=O) groups is 3. The fourth-order valence-electron chi connectivity index (χ4n) is 6.72. The van der Waals surface area contributed by atoms with Gasteiger partial charge in [0.2, 0.25) is 0 Å². The van der Waals surface area contributed by atoms with Crippen LogP contribution in [0.3, 0.4) is 0 Å². The molecular formula is C32H39ClF2N4O6. The second-order valence-electron chi connectivity index (χ2n) is 11.4. The van der Waals surface area contributed by atoms with Gasteiger partial charge in [0.1, 0.15) is 11.8 Å². The standard InChI is InChI=1S/C32H38F2N4O6.ClH/c1-42-18-26-28(30(39)44-3)29(20-10-13-24(33)25(34)16-20)38(32(41)36-26)31(40)35-21-14-15-37(17-21)22-11-8-19(9-12-22)23-6-4-5-7-27(23)43-2;/h4-7,10,13,16,19,21-22,29H,8-9,11-12,14-15,17-18H2,1-3H3,(H,35,40)(H,36,41);1H/t19-,21-,22+,29+;/m1./s1. The highest BCUT2D eigenvalue weighted by atomic mass is 35.5. The SMILES string of the molecule is COCC1=C(C(=O)OC)[C@H](c2ccc(F)c(F)c2)N(C(=O)N[C@@H]2CCN([C@H]3CC[C@@H](c4ccccc4OC)CC3)C2)C(=O)N1.Cl. The summed E-state index contributed by atoms with van der Waals surface area (Å²) in [6, 6.07) is 8.29. The molecule has 5 rings (SSSR count). The van der Waals surface area contributed by atoms with Gasteiger partial charge in [-0.25, -0.2) is 28.1 Å². The average molecular weight is 649 g/mol. The van der Waals surface area contributed by atoms with Gasteiger partial charge in [0.15, 0.2) is 11.6 Å². The predicted octanol–water partition coefficient (Wildman–Crippen LogP) is 5.05. The number of hydrogen-bond acceptors (Lipinski definition) is 7. The van der Waals surface area contributed by atoms with Crippen LogP contribution in [0.4, 0.5) is 18.4 Å². The Morgan fingerprint density at radius 1 is 1.00 bits per heavy atom. The Balaban J connectivity index is 0.00000461. The zero-order chi connectivity index (χ0) is 31.4. The van der Waals surface area contributed by atoms with Gasteiger partial charge < -0.3 is 24.8 Å². The summed E-state index contributed by atoms with van der Waals surface area (Å²) in [5.74, 6) is -1.78. The topological polar surface area (TPSA) is 109 Å². The molecule has 2 N–H and O–H groups in total. The number of amides is 4. The molecule has 0 radical (unpaired) electrons. The van der Waals surface area contributed by atoms with E-state index >= 15 is 0 Å². The van der Waals surface area contributed by atoms with Gasteiger partial charge in [-0.1, -0.05) is 24.3 Å². The second kappa shape index (κ2) is 15.0. The van der Waals surface area contributed by atoms with Crippen LogP contribution in [-0.2, 0) is 14.3 Å². The number of benzene rings is 2. The molecule has 4 amide bonds. The number of nitrogens with zero attached hydrogens (tertiary/aromatic N) is 2. The summed E-state index contributed by atoms with van der Waals surface area (Å²) in [5.41, 5.74) is 1.22. The lowest BCUT2D eigenvalue weighted by Gasteiger charge is -2.37. The van der Waals surface area contributed by atoms with Gasteiger partial charge in [0, 0.05) is 32.3 Å². The van der Waals surface area contributed by atoms with E-state index < -0.39 is 35.7 Å². The summed E-state index contributed by atoms with van der Waals surface area (Å²) in [5, 5.41) is 5.49. The zero-order valence-corrected chi connectivity index (χ0v) is 26.3. The number of urea groups is 2. The van der Waals surface area contributed by atoms with Crippen molar-refractivity contribution < 1.29 is 37.4 Å². The molecule has 45 heavy (non-hydrogen) atoms. The lowest BCUT2D eigenvalue weighted by Crippen LogP contribution is -2.56. The normalized spacial score (nSPS) is 23.7. The number of nitrogens with one attached hydrogen (secondary N) is 2. The molecule has 2 fully saturated rings. The van der Waals surface area contributed by atoms with E-state index in [1.807, 2.05) is 18.2 Å². The van der Waals surface area contributed by atoms with Crippen LogP contribution in [0.25, 0.3) is 0 Å². The number of hydrogen-bond donors (Lipinski definition) is 2. The first-order valence-corrected chi connectivity index (χ1v) is 14.8. The number of imide groups is 1. The molecule has 1 aliphatic carbocycles. The fourth-order valence-corrected chi connectivity index (χ4v) is 6.72. The van der Waals surface area contributed by atoms with Crippen LogP contribution in [0, 0.1) is 11.6 Å². The number of ether oxygens (including phenoxy) is 3. The number of methoxy groups -OCH3 is 3. The molecule has 2 aliphatic heterocycles. The van der Waals surface area contributed by atoms with Crippen molar-refractivity contribution in [1.29, 1.82) is 0 Å². The molecule has 2 atom stereocenters. The molecule has 0 aromatic heterocycles. The lowest BCUT2D eigenvalue weighted by atomic mass is 9.81. The highest BCUT2D eigenvalue weighted by molar-refractivity contribution is 6.01. The van der Waals surface area contributed by atoms with Crippen molar-refractivity contribution in [2.45, 2.75) is 56.1 Å². The minimum atomic E-state index is -1.38. The molecule has 0 spiro atoms. The number of likely N-dealkylation sites (tertiary alicyclic amines) is 1. The van der Waals surface area contributed by atoms with Gasteiger partial charge in [0.25, 0.3) is 0 Å². The van der Waals surface area contributed by atoms with Crippen molar-refractivity contribution in [3.63, 3.8) is 0 Å². The van der Waals surface area contributed by atoms with Crippen LogP contribution in [0.1, 0.15) is 55.2 Å². The molecule has 244 valence electrons. The van der Waals surface area contributed by atoms with E-state index in [2.05, 4.69) is 21.6 Å². The molecule has 1 saturated carbocycles. The van der Waals surface area contributed by atoms with Gasteiger partial charge in [0.05, 0.1) is 32.1 Å². The van der Waals surface area contributed by atoms with Crippen LogP contribution >= 0.6 is 12.4 Å². The number of carbonyl (C=O) groups excluding carboxylic acids is 3. The molecule has 10 nitrogen and oxygen atoms in total. The summed E-state index contributed by atoms with van der Waals surface area (Å²) < 4.78 is 43.9. The maximum absolute atomic E-state index is 14.4. The molecule has 0 unspecified atom stereocenters. The Morgan fingerprint density at radius 2 is 1.73 bits per heavy atom. The van der Waals surface area contributed by atoms with E-state index in [1.54, 1.807) is 7.11 Å². The van der Waals surface area contributed by atoms with E-state index in [4.69, 9.17) is 14.2 Å². The monoisotopic (exact) mass is 648 g/mol. The molecule has 3 aliphatic rings. The third kappa shape index (κ3) is 7.23. The molecule has 2 heterocycles. The summed E-state index contributed by atoms with van der Waals surface area (Å²) in [6.07, 6.45) is 4.79. The first-order valence-electron chi connectivity index (χ1n) is 14.8. The first kappa shape index (κ1) is 34.1. The zero-order valence-electron chi connectivity index (χ0n) is 25.5. The van der Waals surface area contributed by atoms with Crippen LogP contribution in [0.2, 0.25) is 0 Å². The van der Waals surface area contributed by atoms with Crippen LogP contribution in [0.5, 0.6) is 5.75 Å². The van der Waals surface area contributed by atoms with E-state index in [0.29, 0.717) is 24.9 Å².